The van der Waals surface area contributed by atoms with Crippen LogP contribution in [0.25, 0.3) is 10.8 Å². The minimum atomic E-state index is 0.577. The Balaban J connectivity index is 1.60. The highest BCUT2D eigenvalue weighted by Gasteiger charge is 2.49. The van der Waals surface area contributed by atoms with Gasteiger partial charge in [-0.15, -0.1) is 0 Å². The van der Waals surface area contributed by atoms with Gasteiger partial charge in [0.1, 0.15) is 0 Å². The Morgan fingerprint density at radius 3 is 2.71 bits per heavy atom. The molecule has 0 radical (unpaired) electrons. The van der Waals surface area contributed by atoms with E-state index in [4.69, 9.17) is 5.73 Å². The van der Waals surface area contributed by atoms with Gasteiger partial charge in [0.25, 0.3) is 0 Å². The number of hydrogen-bond acceptors (Lipinski definition) is 1. The molecule has 1 spiro atoms. The summed E-state index contributed by atoms with van der Waals surface area (Å²) in [5.41, 5.74) is 10.5. The number of allylic oxidation sites excluding steroid dienone is 2. The summed E-state index contributed by atoms with van der Waals surface area (Å²) in [6, 6.07) is 11.1. The van der Waals surface area contributed by atoms with Crippen LogP contribution in [0, 0.1) is 17.3 Å². The van der Waals surface area contributed by atoms with Gasteiger partial charge in [0.05, 0.1) is 0 Å². The lowest BCUT2D eigenvalue weighted by Gasteiger charge is -2.40. The van der Waals surface area contributed by atoms with E-state index in [0.717, 1.165) is 17.5 Å². The Labute approximate surface area is 125 Å². The van der Waals surface area contributed by atoms with Crippen LogP contribution < -0.4 is 5.73 Å². The van der Waals surface area contributed by atoms with E-state index in [1.807, 2.05) is 6.07 Å². The van der Waals surface area contributed by atoms with Crippen LogP contribution >= 0.6 is 0 Å². The first kappa shape index (κ1) is 11.9. The molecule has 0 aromatic heterocycles. The molecule has 1 fully saturated rings. The Morgan fingerprint density at radius 2 is 1.90 bits per heavy atom. The molecule has 21 heavy (non-hydrogen) atoms. The van der Waals surface area contributed by atoms with Crippen LogP contribution in [-0.4, -0.2) is 0 Å². The highest BCUT2D eigenvalue weighted by Crippen LogP contribution is 2.57. The van der Waals surface area contributed by atoms with Gasteiger partial charge in [-0.05, 0) is 83.4 Å². The Kier molecular flexibility index (Phi) is 2.21. The van der Waals surface area contributed by atoms with Gasteiger partial charge in [-0.25, -0.2) is 0 Å². The molecule has 2 bridgehead atoms. The highest BCUT2D eigenvalue weighted by molar-refractivity contribution is 5.87. The molecule has 3 atom stereocenters. The van der Waals surface area contributed by atoms with Crippen molar-refractivity contribution in [2.75, 3.05) is 5.73 Å². The number of benzene rings is 2. The quantitative estimate of drug-likeness (QED) is 0.556. The summed E-state index contributed by atoms with van der Waals surface area (Å²) in [5.74, 6) is 1.72. The Bertz CT molecular complexity index is 773. The largest absolute Gasteiger partial charge is 0.399 e. The van der Waals surface area contributed by atoms with Crippen LogP contribution in [0.3, 0.4) is 0 Å². The molecule has 1 nitrogen and oxygen atoms in total. The lowest BCUT2D eigenvalue weighted by atomic mass is 9.64. The number of anilines is 1. The molecule has 2 aromatic carbocycles. The molecule has 0 heterocycles. The number of rotatable bonds is 0. The van der Waals surface area contributed by atoms with Crippen LogP contribution in [-0.2, 0) is 12.8 Å². The van der Waals surface area contributed by atoms with Crippen LogP contribution in [0.2, 0.25) is 0 Å². The number of nitrogen functional groups attached to an aromatic ring is 1. The molecule has 2 aromatic rings. The van der Waals surface area contributed by atoms with Crippen molar-refractivity contribution in [2.45, 2.75) is 32.1 Å². The van der Waals surface area contributed by atoms with Crippen molar-refractivity contribution in [3.8, 4) is 0 Å². The number of aryl methyl sites for hydroxylation is 1. The molecule has 1 heteroatoms. The van der Waals surface area contributed by atoms with Gasteiger partial charge < -0.3 is 5.73 Å². The fourth-order valence-corrected chi connectivity index (χ4v) is 5.20. The molecule has 2 N–H and O–H groups in total. The first-order valence-electron chi connectivity index (χ1n) is 8.21. The van der Waals surface area contributed by atoms with Gasteiger partial charge in [0.2, 0.25) is 0 Å². The monoisotopic (exact) mass is 275 g/mol. The van der Waals surface area contributed by atoms with Crippen molar-refractivity contribution in [1.29, 1.82) is 0 Å². The van der Waals surface area contributed by atoms with E-state index in [9.17, 15) is 0 Å². The molecule has 106 valence electrons. The van der Waals surface area contributed by atoms with E-state index in [1.54, 1.807) is 11.1 Å². The standard InChI is InChI=1S/C20H21N/c21-19-4-2-14-9-17-12-20(11-13-1-3-18(20)7-13)6-5-15(17)8-16(14)10-19/h1-4,8-10,13,18H,5-7,11-12,21H2. The van der Waals surface area contributed by atoms with Crippen LogP contribution in [0.5, 0.6) is 0 Å². The van der Waals surface area contributed by atoms with Gasteiger partial charge in [-0.1, -0.05) is 30.4 Å². The van der Waals surface area contributed by atoms with Gasteiger partial charge >= 0.3 is 0 Å². The molecule has 3 aliphatic carbocycles. The zero-order chi connectivity index (χ0) is 14.0. The summed E-state index contributed by atoms with van der Waals surface area (Å²) in [6.07, 6.45) is 11.7. The summed E-state index contributed by atoms with van der Waals surface area (Å²) in [5, 5.41) is 2.65. The van der Waals surface area contributed by atoms with Crippen LogP contribution in [0.1, 0.15) is 30.4 Å². The summed E-state index contributed by atoms with van der Waals surface area (Å²) in [4.78, 5) is 0. The minimum absolute atomic E-state index is 0.577. The second-order valence-electron chi connectivity index (χ2n) is 7.46. The third-order valence-corrected chi connectivity index (χ3v) is 6.25. The molecular formula is C20H21N. The molecular weight excluding hydrogens is 254 g/mol. The van der Waals surface area contributed by atoms with Crippen molar-refractivity contribution >= 4 is 16.5 Å². The maximum absolute atomic E-state index is 5.93. The molecule has 5 rings (SSSR count). The van der Waals surface area contributed by atoms with Crippen LogP contribution in [0.4, 0.5) is 5.69 Å². The second-order valence-corrected chi connectivity index (χ2v) is 7.46. The first-order valence-corrected chi connectivity index (χ1v) is 8.21. The zero-order valence-corrected chi connectivity index (χ0v) is 12.3. The Hall–Kier alpha value is -1.76. The van der Waals surface area contributed by atoms with E-state index in [2.05, 4.69) is 36.4 Å². The normalized spacial score (nSPS) is 33.0. The molecule has 1 saturated carbocycles. The van der Waals surface area contributed by atoms with Crippen molar-refractivity contribution < 1.29 is 0 Å². The van der Waals surface area contributed by atoms with Gasteiger partial charge in [-0.3, -0.25) is 0 Å². The molecule has 3 aliphatic rings. The average molecular weight is 275 g/mol. The predicted molar refractivity (Wildman–Crippen MR) is 88.2 cm³/mol. The molecule has 3 unspecified atom stereocenters. The average Bonchev–Trinajstić information content (AvgIpc) is 3.06. The fourth-order valence-electron chi connectivity index (χ4n) is 5.20. The van der Waals surface area contributed by atoms with Crippen molar-refractivity contribution in [2.24, 2.45) is 17.3 Å². The summed E-state index contributed by atoms with van der Waals surface area (Å²) >= 11 is 0. The maximum atomic E-state index is 5.93. The summed E-state index contributed by atoms with van der Waals surface area (Å²) in [6.45, 7) is 0. The number of fused-ring (bicyclic) bond motifs is 5. The second kappa shape index (κ2) is 3.91. The van der Waals surface area contributed by atoms with Gasteiger partial charge in [-0.2, -0.15) is 0 Å². The van der Waals surface area contributed by atoms with E-state index in [0.29, 0.717) is 5.41 Å². The van der Waals surface area contributed by atoms with Gasteiger partial charge in [0, 0.05) is 5.69 Å². The Morgan fingerprint density at radius 1 is 1.00 bits per heavy atom. The van der Waals surface area contributed by atoms with E-state index < -0.39 is 0 Å². The van der Waals surface area contributed by atoms with Crippen molar-refractivity contribution in [3.63, 3.8) is 0 Å². The van der Waals surface area contributed by atoms with Crippen molar-refractivity contribution in [1.82, 2.24) is 0 Å². The highest BCUT2D eigenvalue weighted by atomic mass is 14.5. The lowest BCUT2D eigenvalue weighted by Crippen LogP contribution is -2.32. The molecule has 0 saturated heterocycles. The van der Waals surface area contributed by atoms with E-state index in [-0.39, 0.29) is 0 Å². The topological polar surface area (TPSA) is 26.0 Å². The zero-order valence-electron chi connectivity index (χ0n) is 12.3. The minimum Gasteiger partial charge on any atom is -0.399 e. The number of nitrogens with two attached hydrogens (primary N) is 1. The smallest absolute Gasteiger partial charge is 0.0320 e. The van der Waals surface area contributed by atoms with Gasteiger partial charge in [0.15, 0.2) is 0 Å². The molecule has 0 aliphatic heterocycles. The van der Waals surface area contributed by atoms with E-state index >= 15 is 0 Å². The SMILES string of the molecule is Nc1ccc2cc3c(cc2c1)CCC1(C3)CC2C=CC1C2. The van der Waals surface area contributed by atoms with Crippen LogP contribution in [0.15, 0.2) is 42.5 Å². The summed E-state index contributed by atoms with van der Waals surface area (Å²) in [7, 11) is 0. The van der Waals surface area contributed by atoms with Crippen molar-refractivity contribution in [3.05, 3.63) is 53.6 Å². The third kappa shape index (κ3) is 1.64. The fraction of sp³-hybridized carbons (Fsp3) is 0.400. The predicted octanol–water partition coefficient (Wildman–Crippen LogP) is 4.49. The maximum Gasteiger partial charge on any atom is 0.0320 e. The first-order chi connectivity index (χ1) is 10.2. The third-order valence-electron chi connectivity index (χ3n) is 6.25. The lowest BCUT2D eigenvalue weighted by molar-refractivity contribution is 0.195. The number of hydrogen-bond donors (Lipinski definition) is 1. The molecule has 0 amide bonds. The summed E-state index contributed by atoms with van der Waals surface area (Å²) < 4.78 is 0. The van der Waals surface area contributed by atoms with E-state index in [1.165, 1.54) is 42.9 Å².